The summed E-state index contributed by atoms with van der Waals surface area (Å²) < 4.78 is 0. The van der Waals surface area contributed by atoms with Gasteiger partial charge in [0, 0.05) is 37.7 Å². The smallest absolute Gasteiger partial charge is 0.242 e. The van der Waals surface area contributed by atoms with Gasteiger partial charge in [-0.15, -0.1) is 10.2 Å². The molecule has 7 heteroatoms. The Bertz CT molecular complexity index is 1150. The molecule has 0 N–H and O–H groups in total. The van der Waals surface area contributed by atoms with Gasteiger partial charge in [-0.1, -0.05) is 74.0 Å². The monoisotopic (exact) mass is 485 g/mol. The van der Waals surface area contributed by atoms with E-state index in [4.69, 9.17) is 0 Å². The minimum atomic E-state index is -0.178. The lowest BCUT2D eigenvalue weighted by Gasteiger charge is -2.37. The maximum atomic E-state index is 13.2. The van der Waals surface area contributed by atoms with Crippen molar-refractivity contribution in [1.82, 2.24) is 20.0 Å². The molecule has 1 aliphatic rings. The van der Waals surface area contributed by atoms with Crippen molar-refractivity contribution >= 4 is 17.6 Å². The van der Waals surface area contributed by atoms with Crippen LogP contribution in [0.3, 0.4) is 0 Å². The fourth-order valence-electron chi connectivity index (χ4n) is 4.45. The lowest BCUT2D eigenvalue weighted by atomic mass is 10.0. The first-order chi connectivity index (χ1) is 17.3. The number of carbonyl (C=O) groups is 2. The highest BCUT2D eigenvalue weighted by molar-refractivity contribution is 5.86. The second kappa shape index (κ2) is 11.3. The molecule has 1 atom stereocenters. The SMILES string of the molecule is Cc1ccc(-c2ccc(N3CCN(C(=O)CN(C(=O)C(C)C)[C@@H](C)c4ccccc4)CC3)nn2)cc1. The molecule has 0 aliphatic carbocycles. The number of amides is 2. The number of aryl methyl sites for hydroxylation is 1. The van der Waals surface area contributed by atoms with Crippen molar-refractivity contribution in [3.05, 3.63) is 77.9 Å². The van der Waals surface area contributed by atoms with Gasteiger partial charge in [-0.3, -0.25) is 9.59 Å². The van der Waals surface area contributed by atoms with E-state index in [0.717, 1.165) is 22.6 Å². The van der Waals surface area contributed by atoms with E-state index in [-0.39, 0.29) is 30.3 Å². The van der Waals surface area contributed by atoms with Crippen LogP contribution < -0.4 is 4.90 Å². The van der Waals surface area contributed by atoms with Crippen LogP contribution in [-0.2, 0) is 9.59 Å². The standard InChI is InChI=1S/C29H35N5O2/c1-21(2)29(36)34(23(4)24-8-6-5-7-9-24)20-28(35)33-18-16-32(17-19-33)27-15-14-26(30-31-27)25-12-10-22(3)11-13-25/h5-15,21,23H,16-20H2,1-4H3/t23-/m0/s1. The molecule has 2 amide bonds. The van der Waals surface area contributed by atoms with Crippen LogP contribution in [0.1, 0.15) is 37.9 Å². The summed E-state index contributed by atoms with van der Waals surface area (Å²) in [5.41, 5.74) is 4.12. The van der Waals surface area contributed by atoms with Crippen LogP contribution in [0.4, 0.5) is 5.82 Å². The summed E-state index contributed by atoms with van der Waals surface area (Å²) in [6.07, 6.45) is 0. The third kappa shape index (κ3) is 5.90. The van der Waals surface area contributed by atoms with E-state index in [1.807, 2.05) is 68.1 Å². The molecular weight excluding hydrogens is 450 g/mol. The quantitative estimate of drug-likeness (QED) is 0.498. The average molecular weight is 486 g/mol. The number of anilines is 1. The summed E-state index contributed by atoms with van der Waals surface area (Å²) in [6.45, 7) is 10.4. The van der Waals surface area contributed by atoms with Crippen LogP contribution in [0, 0.1) is 12.8 Å². The molecule has 0 unspecified atom stereocenters. The largest absolute Gasteiger partial charge is 0.352 e. The van der Waals surface area contributed by atoms with E-state index in [2.05, 4.69) is 46.3 Å². The number of hydrogen-bond acceptors (Lipinski definition) is 5. The fourth-order valence-corrected chi connectivity index (χ4v) is 4.45. The molecule has 2 aromatic carbocycles. The number of hydrogen-bond donors (Lipinski definition) is 0. The Morgan fingerprint density at radius 1 is 0.861 bits per heavy atom. The number of piperazine rings is 1. The van der Waals surface area contributed by atoms with Crippen molar-refractivity contribution in [1.29, 1.82) is 0 Å². The van der Waals surface area contributed by atoms with E-state index in [0.29, 0.717) is 26.2 Å². The van der Waals surface area contributed by atoms with Crippen LogP contribution in [0.2, 0.25) is 0 Å². The predicted molar refractivity (Wildman–Crippen MR) is 142 cm³/mol. The van der Waals surface area contributed by atoms with E-state index in [1.165, 1.54) is 5.56 Å². The molecule has 4 rings (SSSR count). The highest BCUT2D eigenvalue weighted by Gasteiger charge is 2.29. The van der Waals surface area contributed by atoms with Crippen molar-refractivity contribution in [2.75, 3.05) is 37.6 Å². The lowest BCUT2D eigenvalue weighted by Crippen LogP contribution is -2.52. The second-order valence-corrected chi connectivity index (χ2v) is 9.72. The minimum absolute atomic E-state index is 0.0118. The molecule has 188 valence electrons. The van der Waals surface area contributed by atoms with Gasteiger partial charge in [0.25, 0.3) is 0 Å². The summed E-state index contributed by atoms with van der Waals surface area (Å²) in [6, 6.07) is 21.9. The van der Waals surface area contributed by atoms with E-state index in [9.17, 15) is 9.59 Å². The third-order valence-corrected chi connectivity index (χ3v) is 6.79. The molecule has 1 aromatic heterocycles. The van der Waals surface area contributed by atoms with Crippen LogP contribution in [0.15, 0.2) is 66.7 Å². The highest BCUT2D eigenvalue weighted by atomic mass is 16.2. The van der Waals surface area contributed by atoms with Gasteiger partial charge < -0.3 is 14.7 Å². The zero-order chi connectivity index (χ0) is 25.7. The Morgan fingerprint density at radius 2 is 1.53 bits per heavy atom. The zero-order valence-electron chi connectivity index (χ0n) is 21.6. The Kier molecular flexibility index (Phi) is 7.98. The van der Waals surface area contributed by atoms with E-state index >= 15 is 0 Å². The maximum Gasteiger partial charge on any atom is 0.242 e. The third-order valence-electron chi connectivity index (χ3n) is 6.79. The molecule has 1 saturated heterocycles. The van der Waals surface area contributed by atoms with Crippen molar-refractivity contribution < 1.29 is 9.59 Å². The Hall–Kier alpha value is -3.74. The van der Waals surface area contributed by atoms with Crippen molar-refractivity contribution in [2.45, 2.75) is 33.7 Å². The normalized spacial score (nSPS) is 14.6. The minimum Gasteiger partial charge on any atom is -0.352 e. The highest BCUT2D eigenvalue weighted by Crippen LogP contribution is 2.23. The van der Waals surface area contributed by atoms with Crippen molar-refractivity contribution in [3.8, 4) is 11.3 Å². The molecule has 0 bridgehead atoms. The maximum absolute atomic E-state index is 13.2. The van der Waals surface area contributed by atoms with Gasteiger partial charge in [0.15, 0.2) is 5.82 Å². The summed E-state index contributed by atoms with van der Waals surface area (Å²) in [5.74, 6) is 0.601. The van der Waals surface area contributed by atoms with Crippen molar-refractivity contribution in [2.24, 2.45) is 5.92 Å². The number of benzene rings is 2. The van der Waals surface area contributed by atoms with Gasteiger partial charge in [0.05, 0.1) is 11.7 Å². The number of rotatable bonds is 7. The first-order valence-corrected chi connectivity index (χ1v) is 12.6. The van der Waals surface area contributed by atoms with Gasteiger partial charge in [-0.05, 0) is 31.5 Å². The first kappa shape index (κ1) is 25.4. The van der Waals surface area contributed by atoms with Crippen LogP contribution in [-0.4, -0.2) is 64.5 Å². The fraction of sp³-hybridized carbons (Fsp3) is 0.379. The molecule has 0 saturated carbocycles. The molecular formula is C29H35N5O2. The molecule has 7 nitrogen and oxygen atoms in total. The predicted octanol–water partition coefficient (Wildman–Crippen LogP) is 4.35. The summed E-state index contributed by atoms with van der Waals surface area (Å²) in [5, 5.41) is 8.85. The molecule has 1 fully saturated rings. The number of aromatic nitrogens is 2. The molecule has 2 heterocycles. The van der Waals surface area contributed by atoms with E-state index in [1.54, 1.807) is 4.90 Å². The van der Waals surface area contributed by atoms with E-state index < -0.39 is 0 Å². The van der Waals surface area contributed by atoms with Gasteiger partial charge in [0.1, 0.15) is 6.54 Å². The molecule has 0 spiro atoms. The van der Waals surface area contributed by atoms with Gasteiger partial charge in [-0.2, -0.15) is 0 Å². The molecule has 0 radical (unpaired) electrons. The summed E-state index contributed by atoms with van der Waals surface area (Å²) >= 11 is 0. The average Bonchev–Trinajstić information content (AvgIpc) is 2.92. The molecule has 3 aromatic rings. The summed E-state index contributed by atoms with van der Waals surface area (Å²) in [7, 11) is 0. The topological polar surface area (TPSA) is 69.6 Å². The Morgan fingerprint density at radius 3 is 2.11 bits per heavy atom. The first-order valence-electron chi connectivity index (χ1n) is 12.6. The second-order valence-electron chi connectivity index (χ2n) is 9.72. The van der Waals surface area contributed by atoms with Crippen LogP contribution in [0.5, 0.6) is 0 Å². The van der Waals surface area contributed by atoms with Gasteiger partial charge in [0.2, 0.25) is 11.8 Å². The van der Waals surface area contributed by atoms with Gasteiger partial charge in [-0.25, -0.2) is 0 Å². The van der Waals surface area contributed by atoms with Crippen molar-refractivity contribution in [3.63, 3.8) is 0 Å². The lowest BCUT2D eigenvalue weighted by molar-refractivity contribution is -0.144. The molecule has 36 heavy (non-hydrogen) atoms. The zero-order valence-corrected chi connectivity index (χ0v) is 21.6. The number of carbonyl (C=O) groups excluding carboxylic acids is 2. The van der Waals surface area contributed by atoms with Crippen LogP contribution in [0.25, 0.3) is 11.3 Å². The van der Waals surface area contributed by atoms with Gasteiger partial charge >= 0.3 is 0 Å². The number of nitrogens with zero attached hydrogens (tertiary/aromatic N) is 5. The van der Waals surface area contributed by atoms with Crippen LogP contribution >= 0.6 is 0 Å². The molecule has 1 aliphatic heterocycles. The Labute approximate surface area is 213 Å². The Balaban J connectivity index is 1.37. The summed E-state index contributed by atoms with van der Waals surface area (Å²) in [4.78, 5) is 31.9.